The second-order valence-electron chi connectivity index (χ2n) is 4.73. The highest BCUT2D eigenvalue weighted by Crippen LogP contribution is 2.15. The fraction of sp³-hybridized carbons (Fsp3) is 0.462. The lowest BCUT2D eigenvalue weighted by Crippen LogP contribution is -2.32. The van der Waals surface area contributed by atoms with E-state index in [0.717, 1.165) is 5.56 Å². The molecule has 0 atom stereocenters. The smallest absolute Gasteiger partial charge is 0.221 e. The van der Waals surface area contributed by atoms with Crippen LogP contribution in [0.4, 0.5) is 5.69 Å². The Morgan fingerprint density at radius 1 is 1.37 bits per heavy atom. The lowest BCUT2D eigenvalue weighted by molar-refractivity contribution is -0.114. The summed E-state index contributed by atoms with van der Waals surface area (Å²) < 4.78 is 25.2. The average molecular weight is 284 g/mol. The van der Waals surface area contributed by atoms with Gasteiger partial charge >= 0.3 is 0 Å². The van der Waals surface area contributed by atoms with Gasteiger partial charge in [-0.05, 0) is 31.5 Å². The summed E-state index contributed by atoms with van der Waals surface area (Å²) in [6.45, 7) is 5.02. The van der Waals surface area contributed by atoms with E-state index >= 15 is 0 Å². The lowest BCUT2D eigenvalue weighted by Gasteiger charge is -2.20. The van der Waals surface area contributed by atoms with Crippen molar-refractivity contribution in [1.29, 1.82) is 0 Å². The highest BCUT2D eigenvalue weighted by atomic mass is 32.2. The molecule has 0 aliphatic heterocycles. The molecule has 0 heterocycles. The minimum Gasteiger partial charge on any atom is -0.326 e. The van der Waals surface area contributed by atoms with Gasteiger partial charge in [-0.25, -0.2) is 12.7 Å². The van der Waals surface area contributed by atoms with E-state index in [4.69, 9.17) is 0 Å². The predicted molar refractivity (Wildman–Crippen MR) is 76.3 cm³/mol. The first kappa shape index (κ1) is 15.7. The van der Waals surface area contributed by atoms with E-state index in [0.29, 0.717) is 5.69 Å². The molecule has 1 amide bonds. The zero-order valence-electron chi connectivity index (χ0n) is 11.7. The molecule has 0 fully saturated rings. The van der Waals surface area contributed by atoms with Gasteiger partial charge in [0.25, 0.3) is 0 Å². The Hall–Kier alpha value is -1.40. The van der Waals surface area contributed by atoms with Gasteiger partial charge in [0.05, 0.1) is 5.25 Å². The van der Waals surface area contributed by atoms with Crippen molar-refractivity contribution in [3.63, 3.8) is 0 Å². The molecule has 0 spiro atoms. The van der Waals surface area contributed by atoms with Crippen molar-refractivity contribution in [3.05, 3.63) is 29.8 Å². The molecule has 0 bridgehead atoms. The molecule has 0 aliphatic carbocycles. The lowest BCUT2D eigenvalue weighted by atomic mass is 10.2. The van der Waals surface area contributed by atoms with Gasteiger partial charge < -0.3 is 5.32 Å². The second-order valence-corrected chi connectivity index (χ2v) is 7.33. The van der Waals surface area contributed by atoms with Gasteiger partial charge in [0, 0.05) is 26.2 Å². The molecule has 0 unspecified atom stereocenters. The van der Waals surface area contributed by atoms with E-state index < -0.39 is 15.3 Å². The molecular formula is C13H20N2O3S. The summed E-state index contributed by atoms with van der Waals surface area (Å²) in [4.78, 5) is 11.0. The predicted octanol–water partition coefficient (Wildman–Crippen LogP) is 1.81. The van der Waals surface area contributed by atoms with E-state index in [-0.39, 0.29) is 12.5 Å². The Bertz CT molecular complexity index is 553. The molecule has 0 aromatic heterocycles. The van der Waals surface area contributed by atoms with Crippen molar-refractivity contribution in [2.75, 3.05) is 12.4 Å². The third kappa shape index (κ3) is 4.33. The summed E-state index contributed by atoms with van der Waals surface area (Å²) >= 11 is 0. The normalized spacial score (nSPS) is 11.9. The Balaban J connectivity index is 2.86. The van der Waals surface area contributed by atoms with Crippen molar-refractivity contribution in [1.82, 2.24) is 4.31 Å². The number of anilines is 1. The topological polar surface area (TPSA) is 66.5 Å². The molecular weight excluding hydrogens is 264 g/mol. The maximum atomic E-state index is 12.0. The summed E-state index contributed by atoms with van der Waals surface area (Å²) in [5, 5.41) is 2.22. The Labute approximate surface area is 114 Å². The molecule has 5 nitrogen and oxygen atoms in total. The van der Waals surface area contributed by atoms with E-state index in [9.17, 15) is 13.2 Å². The van der Waals surface area contributed by atoms with Gasteiger partial charge in [-0.15, -0.1) is 0 Å². The summed E-state index contributed by atoms with van der Waals surface area (Å²) in [6, 6.07) is 7.16. The van der Waals surface area contributed by atoms with E-state index in [1.54, 1.807) is 39.1 Å². The van der Waals surface area contributed by atoms with Crippen LogP contribution in [0.5, 0.6) is 0 Å². The van der Waals surface area contributed by atoms with Crippen LogP contribution in [-0.2, 0) is 21.4 Å². The van der Waals surface area contributed by atoms with Crippen molar-refractivity contribution in [2.24, 2.45) is 0 Å². The molecule has 1 N–H and O–H groups in total. The molecule has 6 heteroatoms. The van der Waals surface area contributed by atoms with Gasteiger partial charge in [0.1, 0.15) is 0 Å². The van der Waals surface area contributed by atoms with Crippen LogP contribution in [0.3, 0.4) is 0 Å². The van der Waals surface area contributed by atoms with Gasteiger partial charge in [0.2, 0.25) is 15.9 Å². The number of nitrogens with one attached hydrogen (secondary N) is 1. The zero-order valence-corrected chi connectivity index (χ0v) is 12.5. The fourth-order valence-electron chi connectivity index (χ4n) is 1.66. The Kier molecular flexibility index (Phi) is 5.08. The number of hydrogen-bond acceptors (Lipinski definition) is 3. The second kappa shape index (κ2) is 6.16. The summed E-state index contributed by atoms with van der Waals surface area (Å²) in [6.07, 6.45) is 0. The number of sulfonamides is 1. The van der Waals surface area contributed by atoms with Gasteiger partial charge in [-0.1, -0.05) is 12.1 Å². The number of hydrogen-bond donors (Lipinski definition) is 1. The number of nitrogens with zero attached hydrogens (tertiary/aromatic N) is 1. The molecule has 1 rings (SSSR count). The maximum absolute atomic E-state index is 12.0. The molecule has 1 aromatic rings. The molecule has 19 heavy (non-hydrogen) atoms. The summed E-state index contributed by atoms with van der Waals surface area (Å²) in [5.74, 6) is -0.152. The summed E-state index contributed by atoms with van der Waals surface area (Å²) in [5.41, 5.74) is 1.50. The van der Waals surface area contributed by atoms with Crippen molar-refractivity contribution in [3.8, 4) is 0 Å². The Morgan fingerprint density at radius 2 is 2.00 bits per heavy atom. The van der Waals surface area contributed by atoms with Crippen LogP contribution in [0.1, 0.15) is 26.3 Å². The van der Waals surface area contributed by atoms with Crippen LogP contribution in [0.15, 0.2) is 24.3 Å². The first-order chi connectivity index (χ1) is 8.73. The Morgan fingerprint density at radius 3 is 2.53 bits per heavy atom. The minimum absolute atomic E-state index is 0.152. The first-order valence-corrected chi connectivity index (χ1v) is 7.55. The van der Waals surface area contributed by atoms with E-state index in [1.807, 2.05) is 6.07 Å². The number of amides is 1. The van der Waals surface area contributed by atoms with Crippen molar-refractivity contribution < 1.29 is 13.2 Å². The first-order valence-electron chi connectivity index (χ1n) is 6.05. The third-order valence-corrected chi connectivity index (χ3v) is 4.87. The van der Waals surface area contributed by atoms with Gasteiger partial charge in [0.15, 0.2) is 0 Å². The number of benzene rings is 1. The standard InChI is InChI=1S/C13H20N2O3S/c1-10(2)19(17,18)15(4)9-12-6-5-7-13(8-12)14-11(3)16/h5-8,10H,9H2,1-4H3,(H,14,16). The third-order valence-electron chi connectivity index (χ3n) is 2.68. The SMILES string of the molecule is CC(=O)Nc1cccc(CN(C)S(=O)(=O)C(C)C)c1. The highest BCUT2D eigenvalue weighted by Gasteiger charge is 2.22. The molecule has 0 saturated heterocycles. The number of carbonyl (C=O) groups is 1. The van der Waals surface area contributed by atoms with Crippen molar-refractivity contribution >= 4 is 21.6 Å². The largest absolute Gasteiger partial charge is 0.326 e. The molecule has 0 radical (unpaired) electrons. The van der Waals surface area contributed by atoms with Crippen LogP contribution in [0, 0.1) is 0 Å². The van der Waals surface area contributed by atoms with Crippen LogP contribution in [0.25, 0.3) is 0 Å². The van der Waals surface area contributed by atoms with Crippen molar-refractivity contribution in [2.45, 2.75) is 32.6 Å². The van der Waals surface area contributed by atoms with Crippen LogP contribution < -0.4 is 5.32 Å². The van der Waals surface area contributed by atoms with Crippen LogP contribution in [0.2, 0.25) is 0 Å². The quantitative estimate of drug-likeness (QED) is 0.896. The maximum Gasteiger partial charge on any atom is 0.221 e. The van der Waals surface area contributed by atoms with Gasteiger partial charge in [-0.3, -0.25) is 4.79 Å². The molecule has 0 aliphatic rings. The molecule has 0 saturated carbocycles. The fourth-order valence-corrected chi connectivity index (χ4v) is 2.71. The van der Waals surface area contributed by atoms with Crippen LogP contribution in [-0.4, -0.2) is 30.9 Å². The van der Waals surface area contributed by atoms with E-state index in [1.165, 1.54) is 11.2 Å². The van der Waals surface area contributed by atoms with Gasteiger partial charge in [-0.2, -0.15) is 0 Å². The monoisotopic (exact) mass is 284 g/mol. The zero-order chi connectivity index (χ0) is 14.6. The summed E-state index contributed by atoms with van der Waals surface area (Å²) in [7, 11) is -1.71. The van der Waals surface area contributed by atoms with E-state index in [2.05, 4.69) is 5.32 Å². The minimum atomic E-state index is -3.27. The molecule has 1 aromatic carbocycles. The average Bonchev–Trinajstić information content (AvgIpc) is 2.28. The highest BCUT2D eigenvalue weighted by molar-refractivity contribution is 7.89. The number of rotatable bonds is 5. The number of carbonyl (C=O) groups excluding carboxylic acids is 1. The van der Waals surface area contributed by atoms with Crippen LogP contribution >= 0.6 is 0 Å². The molecule has 106 valence electrons.